The number of hydrogen-bond donors (Lipinski definition) is 0. The summed E-state index contributed by atoms with van der Waals surface area (Å²) in [6.07, 6.45) is 0. The summed E-state index contributed by atoms with van der Waals surface area (Å²) in [6, 6.07) is 10.9. The zero-order valence-electron chi connectivity index (χ0n) is 15.9. The maximum absolute atomic E-state index is 10.8. The van der Waals surface area contributed by atoms with E-state index in [1.807, 2.05) is 20.0 Å². The summed E-state index contributed by atoms with van der Waals surface area (Å²) in [5, 5.41) is 10.8. The highest BCUT2D eigenvalue weighted by Crippen LogP contribution is 2.40. The van der Waals surface area contributed by atoms with Crippen LogP contribution in [0.15, 0.2) is 47.4 Å². The quantitative estimate of drug-likeness (QED) is 0.338. The molecule has 0 saturated heterocycles. The highest BCUT2D eigenvalue weighted by molar-refractivity contribution is 7.85. The summed E-state index contributed by atoms with van der Waals surface area (Å²) in [7, 11) is -2.27. The average Bonchev–Trinajstić information content (AvgIpc) is 2.75. The van der Waals surface area contributed by atoms with Crippen molar-refractivity contribution in [3.63, 3.8) is 0 Å². The molecule has 0 spiro atoms. The predicted molar refractivity (Wildman–Crippen MR) is 102 cm³/mol. The molecule has 0 aliphatic carbocycles. The molecule has 3 rings (SSSR count). The number of rotatable bonds is 2. The van der Waals surface area contributed by atoms with Gasteiger partial charge in [0.05, 0.1) is 15.2 Å². The SMILES string of the molecule is CC1=[N+](C)c2ccc([N+](=O)[O-])cc2C1(C)C.Cc1ccc(S(=O)(=O)[O-])cc1. The van der Waals surface area contributed by atoms with E-state index in [0.29, 0.717) is 0 Å². The highest BCUT2D eigenvalue weighted by atomic mass is 32.2. The Morgan fingerprint density at radius 2 is 1.59 bits per heavy atom. The summed E-state index contributed by atoms with van der Waals surface area (Å²) in [5.41, 5.74) is 4.26. The van der Waals surface area contributed by atoms with Crippen LogP contribution in [0.2, 0.25) is 0 Å². The van der Waals surface area contributed by atoms with Crippen molar-refractivity contribution in [1.29, 1.82) is 0 Å². The van der Waals surface area contributed by atoms with Crippen molar-refractivity contribution in [2.24, 2.45) is 0 Å². The van der Waals surface area contributed by atoms with Gasteiger partial charge in [-0.3, -0.25) is 10.1 Å². The molecule has 0 radical (unpaired) electrons. The van der Waals surface area contributed by atoms with Crippen molar-refractivity contribution in [2.75, 3.05) is 7.05 Å². The first-order chi connectivity index (χ1) is 12.4. The Bertz CT molecular complexity index is 1020. The second-order valence-corrected chi connectivity index (χ2v) is 8.37. The van der Waals surface area contributed by atoms with Crippen LogP contribution in [0.25, 0.3) is 0 Å². The topological polar surface area (TPSA) is 103 Å². The second kappa shape index (κ2) is 7.21. The van der Waals surface area contributed by atoms with Crippen molar-refractivity contribution in [3.8, 4) is 0 Å². The third kappa shape index (κ3) is 4.23. The molecule has 0 bridgehead atoms. The summed E-state index contributed by atoms with van der Waals surface area (Å²) in [5.74, 6) is 0. The number of benzene rings is 2. The van der Waals surface area contributed by atoms with Crippen molar-refractivity contribution < 1.29 is 22.5 Å². The number of nitro benzene ring substituents is 1. The summed E-state index contributed by atoms with van der Waals surface area (Å²) >= 11 is 0. The number of fused-ring (bicyclic) bond motifs is 1. The van der Waals surface area contributed by atoms with E-state index in [1.165, 1.54) is 17.8 Å². The van der Waals surface area contributed by atoms with E-state index >= 15 is 0 Å². The lowest BCUT2D eigenvalue weighted by molar-refractivity contribution is -0.403. The summed E-state index contributed by atoms with van der Waals surface area (Å²) in [6.45, 7) is 8.07. The fourth-order valence-electron chi connectivity index (χ4n) is 2.93. The number of nitro groups is 1. The van der Waals surface area contributed by atoms with Gasteiger partial charge >= 0.3 is 0 Å². The molecule has 8 heteroatoms. The molecule has 0 aromatic heterocycles. The van der Waals surface area contributed by atoms with Crippen molar-refractivity contribution in [2.45, 2.75) is 38.0 Å². The van der Waals surface area contributed by atoms with Crippen LogP contribution in [-0.4, -0.2) is 35.2 Å². The van der Waals surface area contributed by atoms with Crippen LogP contribution in [0.3, 0.4) is 0 Å². The van der Waals surface area contributed by atoms with Gasteiger partial charge in [0, 0.05) is 30.7 Å². The molecule has 0 atom stereocenters. The molecule has 1 heterocycles. The van der Waals surface area contributed by atoms with E-state index in [1.54, 1.807) is 24.3 Å². The first-order valence-corrected chi connectivity index (χ1v) is 9.65. The van der Waals surface area contributed by atoms with E-state index in [9.17, 15) is 23.1 Å². The highest BCUT2D eigenvalue weighted by Gasteiger charge is 2.42. The molecule has 27 heavy (non-hydrogen) atoms. The van der Waals surface area contributed by atoms with Gasteiger partial charge in [0.15, 0.2) is 5.71 Å². The van der Waals surface area contributed by atoms with Crippen molar-refractivity contribution in [1.82, 2.24) is 0 Å². The minimum atomic E-state index is -4.27. The average molecular weight is 390 g/mol. The van der Waals surface area contributed by atoms with E-state index in [2.05, 4.69) is 25.3 Å². The van der Waals surface area contributed by atoms with Gasteiger partial charge in [-0.2, -0.15) is 0 Å². The Balaban J connectivity index is 0.000000208. The standard InChI is InChI=1S/C12H15N2O2.C7H8O3S/c1-8-12(2,3)10-7-9(14(15)16)5-6-11(10)13(8)4;1-6-2-4-7(5-3-6)11(8,9)10/h5-7H,1-4H3;2-5H,1H3,(H,8,9,10)/q+1;/p-1. The monoisotopic (exact) mass is 390 g/mol. The van der Waals surface area contributed by atoms with Gasteiger partial charge in [-0.25, -0.2) is 13.0 Å². The number of non-ortho nitro benzene ring substituents is 1. The molecule has 2 aromatic carbocycles. The molecule has 0 fully saturated rings. The smallest absolute Gasteiger partial charge is 0.270 e. The lowest BCUT2D eigenvalue weighted by Gasteiger charge is -2.14. The lowest BCUT2D eigenvalue weighted by Crippen LogP contribution is -2.25. The molecule has 0 amide bonds. The second-order valence-electron chi connectivity index (χ2n) is 7.00. The Hall–Kier alpha value is -2.58. The van der Waals surface area contributed by atoms with Crippen molar-refractivity contribution >= 4 is 27.2 Å². The molecule has 1 aliphatic heterocycles. The predicted octanol–water partition coefficient (Wildman–Crippen LogP) is 3.52. The van der Waals surface area contributed by atoms with Crippen LogP contribution in [0.1, 0.15) is 31.9 Å². The molecular formula is C19H22N2O5S. The molecule has 1 aliphatic rings. The minimum Gasteiger partial charge on any atom is -0.744 e. The van der Waals surface area contributed by atoms with Gasteiger partial charge in [0.25, 0.3) is 5.69 Å². The maximum Gasteiger partial charge on any atom is 0.270 e. The largest absolute Gasteiger partial charge is 0.744 e. The minimum absolute atomic E-state index is 0.129. The van der Waals surface area contributed by atoms with Gasteiger partial charge in [-0.1, -0.05) is 17.7 Å². The van der Waals surface area contributed by atoms with Gasteiger partial charge in [-0.15, -0.1) is 0 Å². The van der Waals surface area contributed by atoms with E-state index in [4.69, 9.17) is 0 Å². The molecule has 0 unspecified atom stereocenters. The van der Waals surface area contributed by atoms with Crippen LogP contribution in [0.4, 0.5) is 11.4 Å². The molecular weight excluding hydrogens is 368 g/mol. The Morgan fingerprint density at radius 3 is 2.07 bits per heavy atom. The normalized spacial score (nSPS) is 15.0. The van der Waals surface area contributed by atoms with Gasteiger partial charge < -0.3 is 4.55 Å². The van der Waals surface area contributed by atoms with Crippen LogP contribution in [-0.2, 0) is 15.5 Å². The van der Waals surface area contributed by atoms with E-state index < -0.39 is 10.1 Å². The summed E-state index contributed by atoms with van der Waals surface area (Å²) < 4.78 is 33.3. The van der Waals surface area contributed by atoms with Crippen LogP contribution < -0.4 is 0 Å². The first kappa shape index (κ1) is 20.7. The van der Waals surface area contributed by atoms with Crippen LogP contribution in [0.5, 0.6) is 0 Å². The Morgan fingerprint density at radius 1 is 1.04 bits per heavy atom. The Labute approximate surface area is 158 Å². The number of hydrogen-bond acceptors (Lipinski definition) is 5. The summed E-state index contributed by atoms with van der Waals surface area (Å²) in [4.78, 5) is 10.2. The number of aryl methyl sites for hydroxylation is 1. The fourth-order valence-corrected chi connectivity index (χ4v) is 3.40. The third-order valence-electron chi connectivity index (χ3n) is 4.94. The van der Waals surface area contributed by atoms with Crippen LogP contribution >= 0.6 is 0 Å². The molecule has 0 N–H and O–H groups in total. The van der Waals surface area contributed by atoms with Crippen LogP contribution in [0, 0.1) is 17.0 Å². The number of nitrogens with zero attached hydrogens (tertiary/aromatic N) is 2. The zero-order chi connectivity index (χ0) is 20.6. The molecule has 2 aromatic rings. The first-order valence-electron chi connectivity index (χ1n) is 8.25. The van der Waals surface area contributed by atoms with E-state index in [-0.39, 0.29) is 20.9 Å². The third-order valence-corrected chi connectivity index (χ3v) is 5.79. The van der Waals surface area contributed by atoms with Gasteiger partial charge in [-0.05, 0) is 32.9 Å². The van der Waals surface area contributed by atoms with Gasteiger partial charge in [0.1, 0.15) is 17.2 Å². The zero-order valence-corrected chi connectivity index (χ0v) is 16.7. The van der Waals surface area contributed by atoms with Gasteiger partial charge in [0.2, 0.25) is 5.69 Å². The molecule has 7 nitrogen and oxygen atoms in total. The molecule has 0 saturated carbocycles. The molecule has 144 valence electrons. The fraction of sp³-hybridized carbons (Fsp3) is 0.316. The van der Waals surface area contributed by atoms with E-state index in [0.717, 1.165) is 16.8 Å². The maximum atomic E-state index is 10.8. The lowest BCUT2D eigenvalue weighted by atomic mass is 9.82. The Kier molecular flexibility index (Phi) is 5.53. The van der Waals surface area contributed by atoms with Crippen molar-refractivity contribution in [3.05, 3.63) is 63.7 Å².